The first-order valence-corrected chi connectivity index (χ1v) is 6.27. The third kappa shape index (κ3) is 1.81. The van der Waals surface area contributed by atoms with Crippen LogP contribution in [-0.4, -0.2) is 23.5 Å². The number of ether oxygens (including phenoxy) is 1. The Balaban J connectivity index is 2.06. The van der Waals surface area contributed by atoms with Crippen LogP contribution in [0.15, 0.2) is 36.5 Å². The van der Waals surface area contributed by atoms with Crippen LogP contribution in [0, 0.1) is 5.92 Å². The molecule has 0 bridgehead atoms. The van der Waals surface area contributed by atoms with E-state index in [2.05, 4.69) is 11.9 Å². The summed E-state index contributed by atoms with van der Waals surface area (Å²) in [6.45, 7) is 2.75. The lowest BCUT2D eigenvalue weighted by atomic mass is 9.94. The minimum atomic E-state index is -0.296. The third-order valence-electron chi connectivity index (χ3n) is 3.56. The summed E-state index contributed by atoms with van der Waals surface area (Å²) in [5.74, 6) is 0.378. The molecule has 1 aliphatic rings. The Kier molecular flexibility index (Phi) is 2.84. The van der Waals surface area contributed by atoms with Gasteiger partial charge in [-0.2, -0.15) is 0 Å². The number of rotatable bonds is 2. The normalized spacial score (nSPS) is 23.4. The van der Waals surface area contributed by atoms with E-state index in [0.29, 0.717) is 12.5 Å². The molecule has 1 aromatic heterocycles. The van der Waals surface area contributed by atoms with Crippen LogP contribution in [0.4, 0.5) is 0 Å². The number of pyridine rings is 1. The lowest BCUT2D eigenvalue weighted by Gasteiger charge is -2.14. The number of carbonyl (C=O) groups is 1. The molecule has 0 spiro atoms. The SMILES string of the molecule is CC1CCOC1C(=O)c1cccc2ncccc12. The van der Waals surface area contributed by atoms with Gasteiger partial charge in [0.25, 0.3) is 0 Å². The fraction of sp³-hybridized carbons (Fsp3) is 0.333. The fourth-order valence-corrected chi connectivity index (χ4v) is 2.50. The maximum Gasteiger partial charge on any atom is 0.192 e. The number of carbonyl (C=O) groups excluding carboxylic acids is 1. The molecule has 2 heterocycles. The molecule has 0 aliphatic carbocycles. The maximum absolute atomic E-state index is 12.5. The van der Waals surface area contributed by atoms with Gasteiger partial charge in [-0.3, -0.25) is 9.78 Å². The molecule has 3 nitrogen and oxygen atoms in total. The van der Waals surface area contributed by atoms with E-state index in [9.17, 15) is 4.79 Å². The molecule has 1 saturated heterocycles. The van der Waals surface area contributed by atoms with E-state index < -0.39 is 0 Å². The first kappa shape index (κ1) is 11.4. The number of ketones is 1. The van der Waals surface area contributed by atoms with Crippen molar-refractivity contribution >= 4 is 16.7 Å². The zero-order valence-corrected chi connectivity index (χ0v) is 10.3. The summed E-state index contributed by atoms with van der Waals surface area (Å²) >= 11 is 0. The Labute approximate surface area is 106 Å². The average Bonchev–Trinajstić information content (AvgIpc) is 2.83. The number of benzene rings is 1. The molecule has 2 unspecified atom stereocenters. The Morgan fingerprint density at radius 2 is 2.22 bits per heavy atom. The van der Waals surface area contributed by atoms with E-state index in [4.69, 9.17) is 4.74 Å². The highest BCUT2D eigenvalue weighted by Crippen LogP contribution is 2.26. The molecule has 1 aromatic carbocycles. The first-order valence-electron chi connectivity index (χ1n) is 6.27. The summed E-state index contributed by atoms with van der Waals surface area (Å²) in [5.41, 5.74) is 1.58. The molecule has 0 saturated carbocycles. The molecule has 0 amide bonds. The number of aromatic nitrogens is 1. The van der Waals surface area contributed by atoms with Gasteiger partial charge in [-0.1, -0.05) is 25.1 Å². The monoisotopic (exact) mass is 241 g/mol. The van der Waals surface area contributed by atoms with Gasteiger partial charge in [0.15, 0.2) is 5.78 Å². The van der Waals surface area contributed by atoms with Crippen LogP contribution in [0.2, 0.25) is 0 Å². The van der Waals surface area contributed by atoms with Crippen LogP contribution in [-0.2, 0) is 4.74 Å². The van der Waals surface area contributed by atoms with Crippen LogP contribution in [0.1, 0.15) is 23.7 Å². The summed E-state index contributed by atoms with van der Waals surface area (Å²) in [7, 11) is 0. The summed E-state index contributed by atoms with van der Waals surface area (Å²) in [4.78, 5) is 16.8. The van der Waals surface area contributed by atoms with Gasteiger partial charge in [-0.15, -0.1) is 0 Å². The van der Waals surface area contributed by atoms with Gasteiger partial charge in [0.2, 0.25) is 0 Å². The van der Waals surface area contributed by atoms with Gasteiger partial charge in [0, 0.05) is 23.8 Å². The predicted molar refractivity (Wildman–Crippen MR) is 69.6 cm³/mol. The van der Waals surface area contributed by atoms with Gasteiger partial charge >= 0.3 is 0 Å². The van der Waals surface area contributed by atoms with Gasteiger partial charge in [0.05, 0.1) is 5.52 Å². The standard InChI is InChI=1S/C15H15NO2/c1-10-7-9-18-15(10)14(17)12-4-2-6-13-11(12)5-3-8-16-13/h2-6,8,10,15H,7,9H2,1H3. The molecule has 18 heavy (non-hydrogen) atoms. The van der Waals surface area contributed by atoms with Crippen LogP contribution in [0.5, 0.6) is 0 Å². The summed E-state index contributed by atoms with van der Waals surface area (Å²) in [6.07, 6.45) is 2.40. The minimum Gasteiger partial charge on any atom is -0.370 e. The second-order valence-corrected chi connectivity index (χ2v) is 4.80. The van der Waals surface area contributed by atoms with Crippen molar-refractivity contribution < 1.29 is 9.53 Å². The Bertz CT molecular complexity index is 589. The third-order valence-corrected chi connectivity index (χ3v) is 3.56. The Hall–Kier alpha value is -1.74. The van der Waals surface area contributed by atoms with E-state index in [0.717, 1.165) is 22.9 Å². The maximum atomic E-state index is 12.5. The van der Waals surface area contributed by atoms with Crippen LogP contribution in [0.25, 0.3) is 10.9 Å². The van der Waals surface area contributed by atoms with Crippen molar-refractivity contribution in [3.63, 3.8) is 0 Å². The highest BCUT2D eigenvalue weighted by Gasteiger charge is 2.32. The molecular formula is C15H15NO2. The predicted octanol–water partition coefficient (Wildman–Crippen LogP) is 2.84. The smallest absolute Gasteiger partial charge is 0.192 e. The Morgan fingerprint density at radius 3 is 3.00 bits per heavy atom. The van der Waals surface area contributed by atoms with Crippen LogP contribution in [0.3, 0.4) is 0 Å². The molecule has 1 aliphatic heterocycles. The molecular weight excluding hydrogens is 226 g/mol. The number of hydrogen-bond acceptors (Lipinski definition) is 3. The quantitative estimate of drug-likeness (QED) is 0.759. The van der Waals surface area contributed by atoms with Crippen LogP contribution < -0.4 is 0 Å². The molecule has 0 N–H and O–H groups in total. The molecule has 2 aromatic rings. The minimum absolute atomic E-state index is 0.0820. The highest BCUT2D eigenvalue weighted by molar-refractivity contribution is 6.09. The zero-order valence-electron chi connectivity index (χ0n) is 10.3. The molecule has 1 fully saturated rings. The summed E-state index contributed by atoms with van der Waals surface area (Å²) < 4.78 is 5.56. The largest absolute Gasteiger partial charge is 0.370 e. The summed E-state index contributed by atoms with van der Waals surface area (Å²) in [6, 6.07) is 9.46. The van der Waals surface area contributed by atoms with Crippen molar-refractivity contribution in [2.45, 2.75) is 19.4 Å². The lowest BCUT2D eigenvalue weighted by Crippen LogP contribution is -2.25. The van der Waals surface area contributed by atoms with Gasteiger partial charge in [-0.25, -0.2) is 0 Å². The number of nitrogens with zero attached hydrogens (tertiary/aromatic N) is 1. The van der Waals surface area contributed by atoms with Crippen molar-refractivity contribution in [1.82, 2.24) is 4.98 Å². The van der Waals surface area contributed by atoms with E-state index >= 15 is 0 Å². The van der Waals surface area contributed by atoms with Crippen LogP contribution >= 0.6 is 0 Å². The lowest BCUT2D eigenvalue weighted by molar-refractivity contribution is 0.0581. The molecule has 0 radical (unpaired) electrons. The van der Waals surface area contributed by atoms with Gasteiger partial charge in [-0.05, 0) is 24.5 Å². The topological polar surface area (TPSA) is 39.2 Å². The molecule has 2 atom stereocenters. The average molecular weight is 241 g/mol. The second-order valence-electron chi connectivity index (χ2n) is 4.80. The van der Waals surface area contributed by atoms with Gasteiger partial charge in [0.1, 0.15) is 6.10 Å². The van der Waals surface area contributed by atoms with E-state index in [1.54, 1.807) is 6.20 Å². The van der Waals surface area contributed by atoms with E-state index in [-0.39, 0.29) is 11.9 Å². The number of fused-ring (bicyclic) bond motifs is 1. The second kappa shape index (κ2) is 4.50. The summed E-state index contributed by atoms with van der Waals surface area (Å²) in [5, 5.41) is 0.910. The van der Waals surface area contributed by atoms with Crippen molar-refractivity contribution in [1.29, 1.82) is 0 Å². The van der Waals surface area contributed by atoms with Crippen molar-refractivity contribution in [2.24, 2.45) is 5.92 Å². The fourth-order valence-electron chi connectivity index (χ4n) is 2.50. The van der Waals surface area contributed by atoms with E-state index in [1.165, 1.54) is 0 Å². The zero-order chi connectivity index (χ0) is 12.5. The highest BCUT2D eigenvalue weighted by atomic mass is 16.5. The first-order chi connectivity index (χ1) is 8.77. The van der Waals surface area contributed by atoms with Crippen molar-refractivity contribution in [3.05, 3.63) is 42.1 Å². The molecule has 92 valence electrons. The molecule has 3 heteroatoms. The Morgan fingerprint density at radius 1 is 1.33 bits per heavy atom. The number of hydrogen-bond donors (Lipinski definition) is 0. The van der Waals surface area contributed by atoms with Crippen molar-refractivity contribution in [2.75, 3.05) is 6.61 Å². The van der Waals surface area contributed by atoms with E-state index in [1.807, 2.05) is 30.3 Å². The van der Waals surface area contributed by atoms with Gasteiger partial charge < -0.3 is 4.74 Å². The van der Waals surface area contributed by atoms with Crippen molar-refractivity contribution in [3.8, 4) is 0 Å². The number of Topliss-reactive ketones (excluding diaryl/α,β-unsaturated/α-hetero) is 1. The molecule has 3 rings (SSSR count).